The van der Waals surface area contributed by atoms with Crippen LogP contribution in [0.1, 0.15) is 78.6 Å². The predicted octanol–water partition coefficient (Wildman–Crippen LogP) is 1.14. The van der Waals surface area contributed by atoms with Gasteiger partial charge in [0, 0.05) is 24.0 Å². The van der Waals surface area contributed by atoms with E-state index in [0.29, 0.717) is 24.2 Å². The quantitative estimate of drug-likeness (QED) is 0.189. The lowest BCUT2D eigenvalue weighted by Crippen LogP contribution is -2.65. The first-order valence-electron chi connectivity index (χ1n) is 18.2. The molecule has 17 atom stereocenters. The normalized spacial score (nSPS) is 53.0. The SMILES string of the molecule is CO[C@H]1[C@@H](O[C@@H]2O[C@H](CO)[C@@H](O)[C@H](O)[C@H]2O)[C@@H](C)OC(O[C@H]2CC[C@@]3(C)[C@H](CC[C@@]45CC[C@H](C6=CC(=O)OC6)[C@@](C)(CC[C@@H]43)C5=O)C2)[C@@H]1O. The molecule has 49 heavy (non-hydrogen) atoms. The summed E-state index contributed by atoms with van der Waals surface area (Å²) in [6.07, 6.45) is -2.72. The maximum absolute atomic E-state index is 14.5. The molecule has 0 aromatic rings. The second-order valence-corrected chi connectivity index (χ2v) is 16.4. The molecule has 13 nitrogen and oxygen atoms in total. The Balaban J connectivity index is 0.999. The van der Waals surface area contributed by atoms with Crippen LogP contribution in [0.15, 0.2) is 11.6 Å². The summed E-state index contributed by atoms with van der Waals surface area (Å²) >= 11 is 0. The van der Waals surface area contributed by atoms with Crippen molar-refractivity contribution < 1.29 is 63.5 Å². The molecule has 2 saturated heterocycles. The van der Waals surface area contributed by atoms with E-state index >= 15 is 0 Å². The average molecular weight is 695 g/mol. The number of methoxy groups -OCH3 is 1. The van der Waals surface area contributed by atoms with Gasteiger partial charge >= 0.3 is 5.97 Å². The van der Waals surface area contributed by atoms with Crippen LogP contribution >= 0.6 is 0 Å². The Bertz CT molecular complexity index is 1310. The third kappa shape index (κ3) is 5.66. The summed E-state index contributed by atoms with van der Waals surface area (Å²) in [5, 5.41) is 51.8. The third-order valence-corrected chi connectivity index (χ3v) is 14.1. The molecule has 4 aliphatic carbocycles. The Morgan fingerprint density at radius 3 is 2.29 bits per heavy atom. The maximum atomic E-state index is 14.5. The van der Waals surface area contributed by atoms with Gasteiger partial charge in [0.05, 0.1) is 18.8 Å². The van der Waals surface area contributed by atoms with Crippen LogP contribution in [0.5, 0.6) is 0 Å². The molecular weight excluding hydrogens is 640 g/mol. The Hall–Kier alpha value is -1.52. The van der Waals surface area contributed by atoms with E-state index < -0.39 is 73.4 Å². The Morgan fingerprint density at radius 2 is 1.59 bits per heavy atom. The summed E-state index contributed by atoms with van der Waals surface area (Å²) in [6.45, 7) is 5.95. The second kappa shape index (κ2) is 13.2. The molecule has 1 unspecified atom stereocenters. The van der Waals surface area contributed by atoms with E-state index in [-0.39, 0.29) is 28.8 Å². The van der Waals surface area contributed by atoms with Gasteiger partial charge in [-0.15, -0.1) is 0 Å². The van der Waals surface area contributed by atoms with Gasteiger partial charge in [0.25, 0.3) is 0 Å². The highest BCUT2D eigenvalue weighted by molar-refractivity contribution is 5.93. The predicted molar refractivity (Wildman–Crippen MR) is 169 cm³/mol. The molecular formula is C36H54O13. The standard InChI is InChI=1S/C36H54O13/c1-17-29(49-31-27(41)26(40)25(39)22(15-37)48-31)30(44-4)28(42)32(46-17)47-20-6-9-34(2)19(14-20)5-11-36-12-7-21(18-13-24(38)45-16-18)35(3,33(36)43)10-8-23(34)36/h13,17,19-23,25-32,37,39-42H,5-12,14-16H2,1-4H3/t17-,19-,20+,21-,22-,23-,25-,26+,27-,28-,29+,30-,31+,32?,34+,35-,36-/m1/s1. The first-order chi connectivity index (χ1) is 23.3. The van der Waals surface area contributed by atoms with Gasteiger partial charge in [0.2, 0.25) is 0 Å². The Kier molecular flexibility index (Phi) is 9.63. The lowest BCUT2D eigenvalue weighted by atomic mass is 9.37. The van der Waals surface area contributed by atoms with Crippen molar-refractivity contribution >= 4 is 11.8 Å². The number of carbonyl (C=O) groups excluding carboxylic acids is 2. The number of carbonyl (C=O) groups is 2. The Labute approximate surface area is 287 Å². The van der Waals surface area contributed by atoms with E-state index in [0.717, 1.165) is 63.4 Å². The van der Waals surface area contributed by atoms with Gasteiger partial charge in [0.1, 0.15) is 55.1 Å². The molecule has 276 valence electrons. The third-order valence-electron chi connectivity index (χ3n) is 14.1. The number of rotatable bonds is 7. The molecule has 0 aromatic carbocycles. The van der Waals surface area contributed by atoms with Gasteiger partial charge in [-0.05, 0) is 93.5 Å². The number of fused-ring (bicyclic) bond motifs is 3. The fourth-order valence-electron chi connectivity index (χ4n) is 11.4. The first-order valence-corrected chi connectivity index (χ1v) is 18.2. The van der Waals surface area contributed by atoms with Crippen LogP contribution in [0.2, 0.25) is 0 Å². The number of aliphatic hydroxyl groups excluding tert-OH is 5. The molecule has 7 rings (SSSR count). The van der Waals surface area contributed by atoms with E-state index in [9.17, 15) is 35.1 Å². The van der Waals surface area contributed by atoms with Crippen molar-refractivity contribution in [2.45, 2.75) is 146 Å². The van der Waals surface area contributed by atoms with Gasteiger partial charge in [-0.25, -0.2) is 4.79 Å². The zero-order chi connectivity index (χ0) is 35.0. The number of hydrogen-bond acceptors (Lipinski definition) is 13. The topological polar surface area (TPSA) is 191 Å². The Morgan fingerprint density at radius 1 is 0.857 bits per heavy atom. The van der Waals surface area contributed by atoms with Crippen LogP contribution in [0.4, 0.5) is 0 Å². The highest BCUT2D eigenvalue weighted by atomic mass is 16.7. The lowest BCUT2D eigenvalue weighted by Gasteiger charge is -2.66. The minimum atomic E-state index is -1.60. The molecule has 4 saturated carbocycles. The molecule has 13 heteroatoms. The van der Waals surface area contributed by atoms with Crippen LogP contribution in [0, 0.1) is 34.0 Å². The van der Waals surface area contributed by atoms with Crippen LogP contribution in [-0.2, 0) is 38.0 Å². The average Bonchev–Trinajstić information content (AvgIpc) is 3.50. The van der Waals surface area contributed by atoms with Gasteiger partial charge < -0.3 is 54.0 Å². The molecule has 3 aliphatic heterocycles. The number of cyclic esters (lactones) is 1. The molecule has 1 spiro atoms. The fraction of sp³-hybridized carbons (Fsp3) is 0.889. The fourth-order valence-corrected chi connectivity index (χ4v) is 11.4. The van der Waals surface area contributed by atoms with Crippen molar-refractivity contribution in [3.05, 3.63) is 11.6 Å². The molecule has 0 aromatic heterocycles. The summed E-state index contributed by atoms with van der Waals surface area (Å²) in [5.41, 5.74) is 0.181. The van der Waals surface area contributed by atoms with E-state index in [2.05, 4.69) is 13.8 Å². The highest BCUT2D eigenvalue weighted by Crippen LogP contribution is 2.70. The number of ether oxygens (including phenoxy) is 6. The minimum Gasteiger partial charge on any atom is -0.458 e. The zero-order valence-electron chi connectivity index (χ0n) is 28.9. The summed E-state index contributed by atoms with van der Waals surface area (Å²) in [7, 11) is 1.43. The number of Topliss-reactive ketones (excluding diaryl/α,β-unsaturated/α-hetero) is 1. The van der Waals surface area contributed by atoms with Crippen molar-refractivity contribution in [3.63, 3.8) is 0 Å². The number of ketones is 1. The number of hydrogen-bond donors (Lipinski definition) is 5. The summed E-state index contributed by atoms with van der Waals surface area (Å²) in [5.74, 6) is 0.816. The molecule has 0 radical (unpaired) electrons. The van der Waals surface area contributed by atoms with Crippen molar-refractivity contribution in [3.8, 4) is 0 Å². The zero-order valence-corrected chi connectivity index (χ0v) is 28.9. The monoisotopic (exact) mass is 694 g/mol. The molecule has 7 aliphatic rings. The van der Waals surface area contributed by atoms with Crippen molar-refractivity contribution in [2.75, 3.05) is 20.3 Å². The van der Waals surface area contributed by atoms with Crippen LogP contribution in [0.3, 0.4) is 0 Å². The van der Waals surface area contributed by atoms with E-state index in [1.807, 2.05) is 0 Å². The van der Waals surface area contributed by atoms with Crippen molar-refractivity contribution in [1.82, 2.24) is 0 Å². The number of aliphatic hydroxyl groups is 5. The smallest absolute Gasteiger partial charge is 0.331 e. The van der Waals surface area contributed by atoms with E-state index in [4.69, 9.17) is 28.4 Å². The molecule has 3 heterocycles. The molecule has 6 fully saturated rings. The van der Waals surface area contributed by atoms with Gasteiger partial charge in [0.15, 0.2) is 12.6 Å². The van der Waals surface area contributed by atoms with Crippen LogP contribution < -0.4 is 0 Å². The van der Waals surface area contributed by atoms with Gasteiger partial charge in [-0.2, -0.15) is 0 Å². The van der Waals surface area contributed by atoms with Crippen LogP contribution in [0.25, 0.3) is 0 Å². The molecule has 0 amide bonds. The first kappa shape index (κ1) is 35.9. The number of esters is 1. The minimum absolute atomic E-state index is 0.00757. The largest absolute Gasteiger partial charge is 0.458 e. The maximum Gasteiger partial charge on any atom is 0.331 e. The van der Waals surface area contributed by atoms with E-state index in [1.165, 1.54) is 7.11 Å². The van der Waals surface area contributed by atoms with Crippen molar-refractivity contribution in [1.29, 1.82) is 0 Å². The summed E-state index contributed by atoms with van der Waals surface area (Å²) in [6, 6.07) is 0. The van der Waals surface area contributed by atoms with Gasteiger partial charge in [-0.3, -0.25) is 4.79 Å². The van der Waals surface area contributed by atoms with Crippen molar-refractivity contribution in [2.24, 2.45) is 34.0 Å². The summed E-state index contributed by atoms with van der Waals surface area (Å²) < 4.78 is 35.0. The van der Waals surface area contributed by atoms with E-state index in [1.54, 1.807) is 13.0 Å². The summed E-state index contributed by atoms with van der Waals surface area (Å²) in [4.78, 5) is 26.4. The highest BCUT2D eigenvalue weighted by Gasteiger charge is 2.68. The second-order valence-electron chi connectivity index (χ2n) is 16.4. The lowest BCUT2D eigenvalue weighted by molar-refractivity contribution is -0.362. The van der Waals surface area contributed by atoms with Gasteiger partial charge in [-0.1, -0.05) is 13.8 Å². The molecule has 5 N–H and O–H groups in total. The van der Waals surface area contributed by atoms with Crippen LogP contribution in [-0.4, -0.2) is 125 Å². The molecule has 2 bridgehead atoms.